The van der Waals surface area contributed by atoms with Gasteiger partial charge < -0.3 is 10.0 Å². The van der Waals surface area contributed by atoms with E-state index in [2.05, 4.69) is 45.0 Å². The van der Waals surface area contributed by atoms with E-state index < -0.39 is 12.0 Å². The van der Waals surface area contributed by atoms with E-state index >= 15 is 0 Å². The Labute approximate surface area is 114 Å². The van der Waals surface area contributed by atoms with Gasteiger partial charge in [-0.2, -0.15) is 0 Å². The van der Waals surface area contributed by atoms with Crippen molar-refractivity contribution in [2.75, 3.05) is 4.90 Å². The molecule has 0 spiro atoms. The highest BCUT2D eigenvalue weighted by Crippen LogP contribution is 2.40. The summed E-state index contributed by atoms with van der Waals surface area (Å²) in [6.45, 7) is 9.97. The molecule has 0 saturated carbocycles. The molecule has 3 nitrogen and oxygen atoms in total. The van der Waals surface area contributed by atoms with Gasteiger partial charge in [0.1, 0.15) is 6.04 Å². The van der Waals surface area contributed by atoms with E-state index in [9.17, 15) is 9.90 Å². The Hall–Kier alpha value is -1.77. The number of carbonyl (C=O) groups is 1. The standard InChI is InChI=1S/C16H21NO2/c1-10-6-7-13-11(2)9-16(4,5)17(14(13)8-10)12(3)15(18)19/h6-9,12H,1-5H3,(H,18,19)/t12-/m0/s1. The van der Waals surface area contributed by atoms with Gasteiger partial charge in [-0.05, 0) is 51.8 Å². The van der Waals surface area contributed by atoms with Crippen molar-refractivity contribution in [3.05, 3.63) is 35.4 Å². The maximum Gasteiger partial charge on any atom is 0.326 e. The Morgan fingerprint density at radius 2 is 1.95 bits per heavy atom. The van der Waals surface area contributed by atoms with Crippen LogP contribution in [0.4, 0.5) is 5.69 Å². The van der Waals surface area contributed by atoms with Crippen LogP contribution in [0.15, 0.2) is 24.3 Å². The summed E-state index contributed by atoms with van der Waals surface area (Å²) in [7, 11) is 0. The maximum absolute atomic E-state index is 11.4. The predicted octanol–water partition coefficient (Wildman–Crippen LogP) is 3.47. The molecule has 0 bridgehead atoms. The lowest BCUT2D eigenvalue weighted by molar-refractivity contribution is -0.138. The summed E-state index contributed by atoms with van der Waals surface area (Å²) >= 11 is 0. The molecule has 19 heavy (non-hydrogen) atoms. The molecular formula is C16H21NO2. The van der Waals surface area contributed by atoms with Crippen molar-refractivity contribution in [3.8, 4) is 0 Å². The number of aryl methyl sites for hydroxylation is 1. The van der Waals surface area contributed by atoms with Crippen LogP contribution in [0.3, 0.4) is 0 Å². The van der Waals surface area contributed by atoms with Crippen LogP contribution in [-0.4, -0.2) is 22.7 Å². The highest BCUT2D eigenvalue weighted by Gasteiger charge is 2.36. The third kappa shape index (κ3) is 2.25. The Morgan fingerprint density at radius 3 is 2.53 bits per heavy atom. The SMILES string of the molecule is CC1=CC(C)(C)N([C@@H](C)C(=O)O)c2cc(C)ccc21. The summed E-state index contributed by atoms with van der Waals surface area (Å²) in [6.07, 6.45) is 2.14. The fraction of sp³-hybridized carbons (Fsp3) is 0.438. The number of anilines is 1. The number of rotatable bonds is 2. The largest absolute Gasteiger partial charge is 0.480 e. The van der Waals surface area contributed by atoms with Gasteiger partial charge in [0.05, 0.1) is 5.54 Å². The molecule has 0 saturated heterocycles. The van der Waals surface area contributed by atoms with Crippen molar-refractivity contribution in [3.63, 3.8) is 0 Å². The summed E-state index contributed by atoms with van der Waals surface area (Å²) in [4.78, 5) is 13.4. The van der Waals surface area contributed by atoms with Crippen LogP contribution in [0.1, 0.15) is 38.8 Å². The molecular weight excluding hydrogens is 238 g/mol. The van der Waals surface area contributed by atoms with E-state index in [0.29, 0.717) is 0 Å². The number of benzene rings is 1. The van der Waals surface area contributed by atoms with Gasteiger partial charge in [0.25, 0.3) is 0 Å². The van der Waals surface area contributed by atoms with Gasteiger partial charge in [-0.25, -0.2) is 4.79 Å². The smallest absolute Gasteiger partial charge is 0.326 e. The summed E-state index contributed by atoms with van der Waals surface area (Å²) in [5.41, 5.74) is 4.18. The Morgan fingerprint density at radius 1 is 1.32 bits per heavy atom. The zero-order valence-electron chi connectivity index (χ0n) is 12.2. The van der Waals surface area contributed by atoms with Crippen molar-refractivity contribution >= 4 is 17.2 Å². The second-order valence-electron chi connectivity index (χ2n) is 5.89. The average molecular weight is 259 g/mol. The van der Waals surface area contributed by atoms with Crippen LogP contribution in [0.25, 0.3) is 5.57 Å². The summed E-state index contributed by atoms with van der Waals surface area (Å²) in [5, 5.41) is 9.36. The lowest BCUT2D eigenvalue weighted by Crippen LogP contribution is -2.53. The van der Waals surface area contributed by atoms with Crippen molar-refractivity contribution in [2.24, 2.45) is 0 Å². The van der Waals surface area contributed by atoms with Crippen molar-refractivity contribution in [1.82, 2.24) is 0 Å². The molecule has 0 aromatic heterocycles. The number of carboxylic acids is 1. The first-order valence-electron chi connectivity index (χ1n) is 6.56. The maximum atomic E-state index is 11.4. The molecule has 1 heterocycles. The van der Waals surface area contributed by atoms with Crippen molar-refractivity contribution in [2.45, 2.75) is 46.2 Å². The highest BCUT2D eigenvalue weighted by atomic mass is 16.4. The molecule has 0 unspecified atom stereocenters. The minimum atomic E-state index is -0.798. The van der Waals surface area contributed by atoms with Gasteiger partial charge in [0.2, 0.25) is 0 Å². The number of aliphatic carboxylic acids is 1. The molecule has 1 aliphatic heterocycles. The second-order valence-corrected chi connectivity index (χ2v) is 5.89. The van der Waals surface area contributed by atoms with Gasteiger partial charge in [-0.1, -0.05) is 18.2 Å². The topological polar surface area (TPSA) is 40.5 Å². The van der Waals surface area contributed by atoms with E-state index in [1.807, 2.05) is 11.8 Å². The van der Waals surface area contributed by atoms with Crippen LogP contribution in [0.5, 0.6) is 0 Å². The van der Waals surface area contributed by atoms with Crippen LogP contribution in [0, 0.1) is 6.92 Å². The molecule has 0 aliphatic carbocycles. The lowest BCUT2D eigenvalue weighted by Gasteiger charge is -2.45. The molecule has 3 heteroatoms. The number of allylic oxidation sites excluding steroid dienone is 1. The number of carboxylic acid groups (broad SMARTS) is 1. The summed E-state index contributed by atoms with van der Waals surface area (Å²) < 4.78 is 0. The molecule has 1 atom stereocenters. The van der Waals surface area contributed by atoms with Crippen molar-refractivity contribution < 1.29 is 9.90 Å². The third-order valence-electron chi connectivity index (χ3n) is 3.77. The van der Waals surface area contributed by atoms with Crippen LogP contribution >= 0.6 is 0 Å². The zero-order chi connectivity index (χ0) is 14.4. The van der Waals surface area contributed by atoms with Crippen LogP contribution < -0.4 is 4.90 Å². The molecule has 102 valence electrons. The average Bonchev–Trinajstić information content (AvgIpc) is 2.26. The minimum Gasteiger partial charge on any atom is -0.480 e. The number of fused-ring (bicyclic) bond motifs is 1. The molecule has 1 aromatic carbocycles. The molecule has 1 aromatic rings. The van der Waals surface area contributed by atoms with E-state index in [1.165, 1.54) is 5.57 Å². The first-order chi connectivity index (χ1) is 8.74. The summed E-state index contributed by atoms with van der Waals surface area (Å²) in [5.74, 6) is -0.798. The van der Waals surface area contributed by atoms with Gasteiger partial charge in [0, 0.05) is 11.3 Å². The Balaban J connectivity index is 2.66. The Kier molecular flexibility index (Phi) is 3.17. The van der Waals surface area contributed by atoms with E-state index in [0.717, 1.165) is 16.8 Å². The van der Waals surface area contributed by atoms with Gasteiger partial charge in [-0.3, -0.25) is 0 Å². The normalized spacial score (nSPS) is 18.6. The second kappa shape index (κ2) is 4.41. The summed E-state index contributed by atoms with van der Waals surface area (Å²) in [6, 6.07) is 5.67. The predicted molar refractivity (Wildman–Crippen MR) is 78.5 cm³/mol. The van der Waals surface area contributed by atoms with Gasteiger partial charge in [-0.15, -0.1) is 0 Å². The number of hydrogen-bond donors (Lipinski definition) is 1. The monoisotopic (exact) mass is 259 g/mol. The third-order valence-corrected chi connectivity index (χ3v) is 3.77. The molecule has 2 rings (SSSR count). The molecule has 1 N–H and O–H groups in total. The molecule has 0 fully saturated rings. The fourth-order valence-corrected chi connectivity index (χ4v) is 2.98. The van der Waals surface area contributed by atoms with Crippen molar-refractivity contribution in [1.29, 1.82) is 0 Å². The van der Waals surface area contributed by atoms with E-state index in [-0.39, 0.29) is 5.54 Å². The fourth-order valence-electron chi connectivity index (χ4n) is 2.98. The number of hydrogen-bond acceptors (Lipinski definition) is 2. The van der Waals surface area contributed by atoms with E-state index in [1.54, 1.807) is 6.92 Å². The lowest BCUT2D eigenvalue weighted by atomic mass is 9.87. The minimum absolute atomic E-state index is 0.303. The van der Waals surface area contributed by atoms with Gasteiger partial charge in [0.15, 0.2) is 0 Å². The quantitative estimate of drug-likeness (QED) is 0.884. The molecule has 1 aliphatic rings. The zero-order valence-corrected chi connectivity index (χ0v) is 12.2. The Bertz CT molecular complexity index is 558. The van der Waals surface area contributed by atoms with Gasteiger partial charge >= 0.3 is 5.97 Å². The first kappa shape index (κ1) is 13.7. The highest BCUT2D eigenvalue weighted by molar-refractivity contribution is 5.86. The number of nitrogens with zero attached hydrogens (tertiary/aromatic N) is 1. The molecule has 0 radical (unpaired) electrons. The first-order valence-corrected chi connectivity index (χ1v) is 6.56. The molecule has 0 amide bonds. The van der Waals surface area contributed by atoms with E-state index in [4.69, 9.17) is 0 Å². The van der Waals surface area contributed by atoms with Crippen LogP contribution in [0.2, 0.25) is 0 Å². The van der Waals surface area contributed by atoms with Crippen LogP contribution in [-0.2, 0) is 4.79 Å².